The van der Waals surface area contributed by atoms with Gasteiger partial charge in [-0.25, -0.2) is 9.59 Å². The number of rotatable bonds is 7. The zero-order chi connectivity index (χ0) is 18.6. The van der Waals surface area contributed by atoms with E-state index in [9.17, 15) is 14.4 Å². The Balaban J connectivity index is 2.08. The third-order valence-electron chi connectivity index (χ3n) is 4.01. The van der Waals surface area contributed by atoms with Gasteiger partial charge in [-0.05, 0) is 38.0 Å². The largest absolute Gasteiger partial charge is 0.484 e. The quantitative estimate of drug-likeness (QED) is 0.744. The van der Waals surface area contributed by atoms with Crippen LogP contribution < -0.4 is 15.7 Å². The first-order valence-corrected chi connectivity index (χ1v) is 8.02. The second kappa shape index (κ2) is 7.83. The molecule has 0 spiro atoms. The molecule has 25 heavy (non-hydrogen) atoms. The van der Waals surface area contributed by atoms with E-state index in [-0.39, 0.29) is 6.61 Å². The number of hydrogen-bond donors (Lipinski definition) is 2. The highest BCUT2D eigenvalue weighted by molar-refractivity contribution is 5.85. The zero-order valence-electron chi connectivity index (χ0n) is 14.4. The van der Waals surface area contributed by atoms with Crippen LogP contribution in [0.25, 0.3) is 11.0 Å². The molecule has 1 aromatic heterocycles. The third kappa shape index (κ3) is 4.37. The Kier molecular flexibility index (Phi) is 5.80. The summed E-state index contributed by atoms with van der Waals surface area (Å²) in [7, 11) is 0. The molecule has 7 nitrogen and oxygen atoms in total. The van der Waals surface area contributed by atoms with Crippen molar-refractivity contribution in [3.8, 4) is 5.75 Å². The highest BCUT2D eigenvalue weighted by Crippen LogP contribution is 2.23. The standard InChI is InChI=1S/C18H21NO6/c1-4-5-14(17(21)22)19-16(20)9-24-12-6-7-13-10(2)11(3)18(23)25-15(13)8-12/h6-8,14H,4-5,9H2,1-3H3,(H,19,20)(H,21,22)/t14-/m0/s1. The number of carboxylic acid groups (broad SMARTS) is 1. The fraction of sp³-hybridized carbons (Fsp3) is 0.389. The van der Waals surface area contributed by atoms with Crippen molar-refractivity contribution in [2.75, 3.05) is 6.61 Å². The lowest BCUT2D eigenvalue weighted by Crippen LogP contribution is -2.42. The molecular weight excluding hydrogens is 326 g/mol. The number of aliphatic carboxylic acids is 1. The minimum absolute atomic E-state index is 0.325. The van der Waals surface area contributed by atoms with Crippen molar-refractivity contribution in [3.63, 3.8) is 0 Å². The van der Waals surface area contributed by atoms with Gasteiger partial charge in [0.05, 0.1) is 0 Å². The van der Waals surface area contributed by atoms with Crippen LogP contribution in [0, 0.1) is 13.8 Å². The molecule has 1 aromatic carbocycles. The summed E-state index contributed by atoms with van der Waals surface area (Å²) in [6, 6.07) is 4.03. The maximum Gasteiger partial charge on any atom is 0.339 e. The molecule has 0 aliphatic heterocycles. The maximum absolute atomic E-state index is 11.8. The van der Waals surface area contributed by atoms with E-state index in [2.05, 4.69) is 5.32 Å². The van der Waals surface area contributed by atoms with Gasteiger partial charge >= 0.3 is 11.6 Å². The Hall–Kier alpha value is -2.83. The van der Waals surface area contributed by atoms with Gasteiger partial charge in [0.1, 0.15) is 17.4 Å². The Labute approximate surface area is 144 Å². The summed E-state index contributed by atoms with van der Waals surface area (Å²) in [5.41, 5.74) is 1.35. The fourth-order valence-corrected chi connectivity index (χ4v) is 2.45. The van der Waals surface area contributed by atoms with Gasteiger partial charge in [0, 0.05) is 17.0 Å². The first kappa shape index (κ1) is 18.5. The molecule has 1 amide bonds. The first-order valence-electron chi connectivity index (χ1n) is 8.02. The van der Waals surface area contributed by atoms with Crippen molar-refractivity contribution in [2.45, 2.75) is 39.7 Å². The van der Waals surface area contributed by atoms with E-state index < -0.39 is 23.5 Å². The fourth-order valence-electron chi connectivity index (χ4n) is 2.45. The number of carboxylic acids is 1. The second-order valence-electron chi connectivity index (χ2n) is 5.83. The van der Waals surface area contributed by atoms with Crippen LogP contribution in [0.15, 0.2) is 27.4 Å². The molecule has 0 bridgehead atoms. The minimum Gasteiger partial charge on any atom is -0.484 e. The normalized spacial score (nSPS) is 12.0. The Morgan fingerprint density at radius 2 is 2.00 bits per heavy atom. The smallest absolute Gasteiger partial charge is 0.339 e. The van der Waals surface area contributed by atoms with Crippen LogP contribution in [-0.4, -0.2) is 29.6 Å². The molecule has 2 aromatic rings. The lowest BCUT2D eigenvalue weighted by Gasteiger charge is -2.14. The molecule has 0 aliphatic carbocycles. The summed E-state index contributed by atoms with van der Waals surface area (Å²) >= 11 is 0. The van der Waals surface area contributed by atoms with Gasteiger partial charge in [0.15, 0.2) is 6.61 Å². The van der Waals surface area contributed by atoms with Crippen LogP contribution in [0.1, 0.15) is 30.9 Å². The number of benzene rings is 1. The van der Waals surface area contributed by atoms with Gasteiger partial charge in [-0.3, -0.25) is 4.79 Å². The van der Waals surface area contributed by atoms with Crippen LogP contribution in [0.5, 0.6) is 5.75 Å². The van der Waals surface area contributed by atoms with Crippen molar-refractivity contribution in [1.82, 2.24) is 5.32 Å². The van der Waals surface area contributed by atoms with E-state index in [0.29, 0.717) is 29.7 Å². The highest BCUT2D eigenvalue weighted by Gasteiger charge is 2.19. The molecule has 7 heteroatoms. The number of carbonyl (C=O) groups excluding carboxylic acids is 1. The van der Waals surface area contributed by atoms with Gasteiger partial charge in [0.2, 0.25) is 0 Å². The molecule has 0 saturated heterocycles. The summed E-state index contributed by atoms with van der Waals surface area (Å²) in [4.78, 5) is 34.6. The minimum atomic E-state index is -1.08. The van der Waals surface area contributed by atoms with Crippen molar-refractivity contribution in [2.24, 2.45) is 0 Å². The van der Waals surface area contributed by atoms with E-state index in [4.69, 9.17) is 14.3 Å². The van der Waals surface area contributed by atoms with Crippen molar-refractivity contribution in [3.05, 3.63) is 39.7 Å². The Morgan fingerprint density at radius 1 is 1.28 bits per heavy atom. The van der Waals surface area contributed by atoms with Crippen LogP contribution in [0.4, 0.5) is 0 Å². The van der Waals surface area contributed by atoms with Gasteiger partial charge < -0.3 is 19.6 Å². The van der Waals surface area contributed by atoms with E-state index in [0.717, 1.165) is 10.9 Å². The monoisotopic (exact) mass is 347 g/mol. The molecular formula is C18H21NO6. The molecule has 1 atom stereocenters. The van der Waals surface area contributed by atoms with Gasteiger partial charge in [-0.15, -0.1) is 0 Å². The summed E-state index contributed by atoms with van der Waals surface area (Å²) < 4.78 is 10.6. The number of carbonyl (C=O) groups is 2. The Morgan fingerprint density at radius 3 is 2.64 bits per heavy atom. The second-order valence-corrected chi connectivity index (χ2v) is 5.83. The van der Waals surface area contributed by atoms with E-state index in [1.807, 2.05) is 13.8 Å². The average molecular weight is 347 g/mol. The molecule has 1 heterocycles. The number of amides is 1. The SMILES string of the molecule is CCC[C@H](NC(=O)COc1ccc2c(C)c(C)c(=O)oc2c1)C(=O)O. The summed E-state index contributed by atoms with van der Waals surface area (Å²) in [5, 5.41) is 12.2. The maximum atomic E-state index is 11.8. The van der Waals surface area contributed by atoms with E-state index in [1.165, 1.54) is 6.07 Å². The number of hydrogen-bond acceptors (Lipinski definition) is 5. The molecule has 2 rings (SSSR count). The molecule has 0 saturated carbocycles. The van der Waals surface area contributed by atoms with Crippen molar-refractivity contribution < 1.29 is 23.8 Å². The van der Waals surface area contributed by atoms with E-state index >= 15 is 0 Å². The molecule has 0 unspecified atom stereocenters. The number of nitrogens with one attached hydrogen (secondary N) is 1. The summed E-state index contributed by atoms with van der Waals surface area (Å²) in [6.07, 6.45) is 0.988. The van der Waals surface area contributed by atoms with Crippen LogP contribution >= 0.6 is 0 Å². The number of fused-ring (bicyclic) bond motifs is 1. The summed E-state index contributed by atoms with van der Waals surface area (Å²) in [5.74, 6) is -1.24. The van der Waals surface area contributed by atoms with Gasteiger partial charge in [-0.1, -0.05) is 13.3 Å². The predicted octanol–water partition coefficient (Wildman–Crippen LogP) is 2.16. The number of aryl methyl sites for hydroxylation is 1. The van der Waals surface area contributed by atoms with Crippen molar-refractivity contribution >= 4 is 22.8 Å². The predicted molar refractivity (Wildman–Crippen MR) is 91.9 cm³/mol. The molecule has 2 N–H and O–H groups in total. The van der Waals surface area contributed by atoms with Gasteiger partial charge in [-0.2, -0.15) is 0 Å². The van der Waals surface area contributed by atoms with Crippen LogP contribution in [-0.2, 0) is 9.59 Å². The van der Waals surface area contributed by atoms with Crippen molar-refractivity contribution in [1.29, 1.82) is 0 Å². The lowest BCUT2D eigenvalue weighted by atomic mass is 10.1. The van der Waals surface area contributed by atoms with E-state index in [1.54, 1.807) is 19.1 Å². The molecule has 0 fully saturated rings. The summed E-state index contributed by atoms with van der Waals surface area (Å²) in [6.45, 7) is 5.05. The lowest BCUT2D eigenvalue weighted by molar-refractivity contribution is -0.142. The number of ether oxygens (including phenoxy) is 1. The van der Waals surface area contributed by atoms with Gasteiger partial charge in [0.25, 0.3) is 5.91 Å². The Bertz CT molecular complexity index is 855. The third-order valence-corrected chi connectivity index (χ3v) is 4.01. The van der Waals surface area contributed by atoms with Crippen LogP contribution in [0.3, 0.4) is 0 Å². The highest BCUT2D eigenvalue weighted by atomic mass is 16.5. The van der Waals surface area contributed by atoms with Crippen LogP contribution in [0.2, 0.25) is 0 Å². The zero-order valence-corrected chi connectivity index (χ0v) is 14.4. The first-order chi connectivity index (χ1) is 11.8. The molecule has 134 valence electrons. The molecule has 0 radical (unpaired) electrons. The molecule has 0 aliphatic rings. The average Bonchev–Trinajstić information content (AvgIpc) is 2.57. The topological polar surface area (TPSA) is 106 Å².